The van der Waals surface area contributed by atoms with Gasteiger partial charge in [0, 0.05) is 0 Å². The molecule has 1 aliphatic rings. The molecule has 2 aromatic rings. The van der Waals surface area contributed by atoms with Crippen LogP contribution < -0.4 is 0 Å². The lowest BCUT2D eigenvalue weighted by Crippen LogP contribution is -2.31. The highest BCUT2D eigenvalue weighted by molar-refractivity contribution is 5.90. The fraction of sp³-hybridized carbons (Fsp3) is 0.588. The Balaban J connectivity index is 1.44. The Hall–Kier alpha value is -2.60. The van der Waals surface area contributed by atoms with Crippen LogP contribution in [0.3, 0.4) is 0 Å². The van der Waals surface area contributed by atoms with Crippen LogP contribution in [0.15, 0.2) is 48.5 Å². The lowest BCUT2D eigenvalue weighted by atomic mass is 9.71. The zero-order valence-corrected chi connectivity index (χ0v) is 23.3. The molecule has 0 unspecified atom stereocenters. The van der Waals surface area contributed by atoms with Gasteiger partial charge in [0.25, 0.3) is 0 Å². The molecule has 0 radical (unpaired) electrons. The van der Waals surface area contributed by atoms with Crippen LogP contribution in [0.4, 0.5) is 0 Å². The molecule has 0 heterocycles. The first-order chi connectivity index (χ1) is 18.1. The van der Waals surface area contributed by atoms with E-state index in [1.807, 2.05) is 24.3 Å². The van der Waals surface area contributed by atoms with E-state index >= 15 is 0 Å². The fourth-order valence-corrected chi connectivity index (χ4v) is 5.56. The number of hydrogen-bond acceptors (Lipinski definition) is 3. The van der Waals surface area contributed by atoms with E-state index in [-0.39, 0.29) is 17.5 Å². The predicted octanol–water partition coefficient (Wildman–Crippen LogP) is 9.84. The van der Waals surface area contributed by atoms with E-state index < -0.39 is 0 Å². The molecule has 200 valence electrons. The third kappa shape index (κ3) is 9.33. The van der Waals surface area contributed by atoms with E-state index in [1.54, 1.807) is 0 Å². The van der Waals surface area contributed by atoms with E-state index in [9.17, 15) is 10.1 Å². The number of nitrogens with zero attached hydrogens (tertiary/aromatic N) is 1. The van der Waals surface area contributed by atoms with Gasteiger partial charge in [-0.25, -0.2) is 4.79 Å². The molecule has 0 atom stereocenters. The van der Waals surface area contributed by atoms with Crippen LogP contribution in [-0.2, 0) is 11.2 Å². The van der Waals surface area contributed by atoms with Crippen molar-refractivity contribution >= 4 is 5.97 Å². The summed E-state index contributed by atoms with van der Waals surface area (Å²) in [7, 11) is 0. The van der Waals surface area contributed by atoms with Crippen molar-refractivity contribution in [2.24, 2.45) is 5.41 Å². The van der Waals surface area contributed by atoms with Crippen LogP contribution >= 0.6 is 0 Å². The minimum Gasteiger partial charge on any atom is -0.459 e. The average molecular weight is 502 g/mol. The molecule has 0 aromatic heterocycles. The number of carbonyl (C=O) groups excluding carboxylic acids is 1. The van der Waals surface area contributed by atoms with Crippen molar-refractivity contribution < 1.29 is 9.53 Å². The summed E-state index contributed by atoms with van der Waals surface area (Å²) in [6, 6.07) is 19.2. The molecule has 0 saturated heterocycles. The molecule has 0 spiro atoms. The molecule has 1 saturated carbocycles. The van der Waals surface area contributed by atoms with E-state index in [1.165, 1.54) is 68.9 Å². The summed E-state index contributed by atoms with van der Waals surface area (Å²) < 4.78 is 5.85. The van der Waals surface area contributed by atoms with Gasteiger partial charge in [-0.3, -0.25) is 0 Å². The molecule has 3 nitrogen and oxygen atoms in total. The maximum Gasteiger partial charge on any atom is 0.338 e. The number of esters is 1. The Labute approximate surface area is 225 Å². The summed E-state index contributed by atoms with van der Waals surface area (Å²) in [6.07, 6.45) is 18.0. The first kappa shape index (κ1) is 29.0. The van der Waals surface area contributed by atoms with Crippen molar-refractivity contribution in [1.29, 1.82) is 5.26 Å². The first-order valence-corrected chi connectivity index (χ1v) is 14.9. The SMILES string of the molecule is CCCCCCCc1ccc(-c2ccc(C(=O)OC3CCC(C#N)(CCCCCCC)CC3)cc2)cc1. The molecule has 0 bridgehead atoms. The van der Waals surface area contributed by atoms with Gasteiger partial charge in [0.1, 0.15) is 6.10 Å². The number of benzene rings is 2. The van der Waals surface area contributed by atoms with Crippen LogP contribution in [0.25, 0.3) is 11.1 Å². The molecule has 1 aliphatic carbocycles. The highest BCUT2D eigenvalue weighted by Gasteiger charge is 2.36. The van der Waals surface area contributed by atoms with Crippen molar-refractivity contribution in [3.63, 3.8) is 0 Å². The third-order valence-corrected chi connectivity index (χ3v) is 8.14. The van der Waals surface area contributed by atoms with Gasteiger partial charge < -0.3 is 4.74 Å². The molecule has 2 aromatic carbocycles. The van der Waals surface area contributed by atoms with Gasteiger partial charge in [0.15, 0.2) is 0 Å². The van der Waals surface area contributed by atoms with Gasteiger partial charge in [-0.15, -0.1) is 0 Å². The summed E-state index contributed by atoms with van der Waals surface area (Å²) >= 11 is 0. The summed E-state index contributed by atoms with van der Waals surface area (Å²) in [6.45, 7) is 4.48. The Morgan fingerprint density at radius 3 is 1.92 bits per heavy atom. The summed E-state index contributed by atoms with van der Waals surface area (Å²) in [4.78, 5) is 12.8. The maximum absolute atomic E-state index is 12.8. The van der Waals surface area contributed by atoms with Crippen LogP contribution in [-0.4, -0.2) is 12.1 Å². The molecular weight excluding hydrogens is 454 g/mol. The van der Waals surface area contributed by atoms with Crippen LogP contribution in [0.5, 0.6) is 0 Å². The molecule has 0 aliphatic heterocycles. The number of hydrogen-bond donors (Lipinski definition) is 0. The quantitative estimate of drug-likeness (QED) is 0.180. The lowest BCUT2D eigenvalue weighted by molar-refractivity contribution is 0.0105. The van der Waals surface area contributed by atoms with Gasteiger partial charge in [0.2, 0.25) is 0 Å². The first-order valence-electron chi connectivity index (χ1n) is 14.9. The Morgan fingerprint density at radius 1 is 0.811 bits per heavy atom. The standard InChI is InChI=1S/C34H47NO2/c1-3-5-7-9-11-13-28-14-16-29(17-15-28)30-18-20-31(21-19-30)33(36)37-32-22-25-34(27-35,26-23-32)24-12-10-8-6-4-2/h14-21,32H,3-13,22-26H2,1-2H3. The highest BCUT2D eigenvalue weighted by atomic mass is 16.5. The van der Waals surface area contributed by atoms with Crippen molar-refractivity contribution in [3.05, 3.63) is 59.7 Å². The monoisotopic (exact) mass is 501 g/mol. The van der Waals surface area contributed by atoms with Crippen LogP contribution in [0, 0.1) is 16.7 Å². The lowest BCUT2D eigenvalue weighted by Gasteiger charge is -2.34. The second-order valence-electron chi connectivity index (χ2n) is 11.1. The molecule has 1 fully saturated rings. The minimum atomic E-state index is -0.251. The fourth-order valence-electron chi connectivity index (χ4n) is 5.56. The summed E-state index contributed by atoms with van der Waals surface area (Å²) in [5, 5.41) is 9.83. The molecule has 37 heavy (non-hydrogen) atoms. The number of rotatable bonds is 15. The van der Waals surface area contributed by atoms with Gasteiger partial charge in [-0.1, -0.05) is 108 Å². The molecular formula is C34H47NO2. The van der Waals surface area contributed by atoms with E-state index in [4.69, 9.17) is 4.74 Å². The summed E-state index contributed by atoms with van der Waals surface area (Å²) in [5.41, 5.74) is 4.05. The van der Waals surface area contributed by atoms with E-state index in [0.29, 0.717) is 5.56 Å². The Morgan fingerprint density at radius 2 is 1.35 bits per heavy atom. The average Bonchev–Trinajstić information content (AvgIpc) is 2.94. The van der Waals surface area contributed by atoms with Crippen LogP contribution in [0.1, 0.15) is 126 Å². The Kier molecular flexibility index (Phi) is 12.2. The van der Waals surface area contributed by atoms with Crippen molar-refractivity contribution in [3.8, 4) is 17.2 Å². The number of carbonyl (C=O) groups is 1. The number of nitriles is 1. The topological polar surface area (TPSA) is 50.1 Å². The molecule has 0 amide bonds. The number of aryl methyl sites for hydroxylation is 1. The van der Waals surface area contributed by atoms with E-state index in [0.717, 1.165) is 50.5 Å². The largest absolute Gasteiger partial charge is 0.459 e. The van der Waals surface area contributed by atoms with Crippen LogP contribution in [0.2, 0.25) is 0 Å². The van der Waals surface area contributed by atoms with Gasteiger partial charge in [0.05, 0.1) is 17.0 Å². The zero-order valence-electron chi connectivity index (χ0n) is 23.3. The van der Waals surface area contributed by atoms with Crippen molar-refractivity contribution in [2.45, 2.75) is 123 Å². The Bertz CT molecular complexity index is 962. The van der Waals surface area contributed by atoms with Gasteiger partial charge >= 0.3 is 5.97 Å². The molecule has 0 N–H and O–H groups in total. The smallest absolute Gasteiger partial charge is 0.338 e. The van der Waals surface area contributed by atoms with Gasteiger partial charge in [-0.05, 0) is 73.8 Å². The molecule has 3 heteroatoms. The number of unbranched alkanes of at least 4 members (excludes halogenated alkanes) is 8. The maximum atomic E-state index is 12.8. The van der Waals surface area contributed by atoms with Crippen molar-refractivity contribution in [1.82, 2.24) is 0 Å². The zero-order chi connectivity index (χ0) is 26.3. The predicted molar refractivity (Wildman–Crippen MR) is 153 cm³/mol. The van der Waals surface area contributed by atoms with Crippen molar-refractivity contribution in [2.75, 3.05) is 0 Å². The third-order valence-electron chi connectivity index (χ3n) is 8.14. The normalized spacial score (nSPS) is 19.3. The van der Waals surface area contributed by atoms with Gasteiger partial charge in [-0.2, -0.15) is 5.26 Å². The second kappa shape index (κ2) is 15.6. The summed E-state index contributed by atoms with van der Waals surface area (Å²) in [5.74, 6) is -0.251. The highest BCUT2D eigenvalue weighted by Crippen LogP contribution is 2.41. The minimum absolute atomic E-state index is 0.0803. The number of ether oxygens (including phenoxy) is 1. The van der Waals surface area contributed by atoms with E-state index in [2.05, 4.69) is 44.2 Å². The molecule has 3 rings (SSSR count). The second-order valence-corrected chi connectivity index (χ2v) is 11.1.